The minimum absolute atomic E-state index is 0.145. The van der Waals surface area contributed by atoms with E-state index >= 15 is 26.3 Å². The van der Waals surface area contributed by atoms with Crippen molar-refractivity contribution in [1.29, 1.82) is 0 Å². The zero-order valence-electron chi connectivity index (χ0n) is 27.8. The van der Waals surface area contributed by atoms with Gasteiger partial charge in [-0.25, -0.2) is 33.7 Å². The molecule has 5 unspecified atom stereocenters. The zero-order chi connectivity index (χ0) is 40.6. The first kappa shape index (κ1) is 44.6. The van der Waals surface area contributed by atoms with Crippen LogP contribution in [0.15, 0.2) is 0 Å². The Morgan fingerprint density at radius 2 is 0.811 bits per heavy atom. The molecule has 2 aliphatic heterocycles. The molecule has 53 heavy (non-hydrogen) atoms. The highest BCUT2D eigenvalue weighted by Crippen LogP contribution is 2.55. The molecule has 0 spiro atoms. The molecule has 312 valence electrons. The molecule has 0 aromatic rings. The molecule has 2 heterocycles. The number of piperidine rings is 2. The van der Waals surface area contributed by atoms with Crippen LogP contribution in [0.4, 0.5) is 52.7 Å². The fraction of sp³-hybridized carbons (Fsp3) is 1.00. The van der Waals surface area contributed by atoms with Crippen molar-refractivity contribution in [3.63, 3.8) is 0 Å². The van der Waals surface area contributed by atoms with Crippen LogP contribution >= 0.6 is 0 Å². The van der Waals surface area contributed by atoms with Crippen LogP contribution in [0.5, 0.6) is 0 Å². The summed E-state index contributed by atoms with van der Waals surface area (Å²) in [5, 5.41) is -32.6. The number of halogens is 12. The van der Waals surface area contributed by atoms with Gasteiger partial charge in [0.1, 0.15) is 0 Å². The summed E-state index contributed by atoms with van der Waals surface area (Å²) in [6.07, 6.45) is 3.65. The summed E-state index contributed by atoms with van der Waals surface area (Å²) in [6.45, 7) is -3.80. The first-order valence-electron chi connectivity index (χ1n) is 16.5. The Morgan fingerprint density at radius 1 is 0.491 bits per heavy atom. The Bertz CT molecular complexity index is 1830. The molecule has 4 aliphatic rings. The first-order chi connectivity index (χ1) is 23.8. The highest BCUT2D eigenvalue weighted by molar-refractivity contribution is 7.97. The van der Waals surface area contributed by atoms with E-state index in [0.717, 1.165) is 0 Å². The normalized spacial score (nSPS) is 27.9. The third-order valence-electron chi connectivity index (χ3n) is 11.0. The molecule has 10 nitrogen and oxygen atoms in total. The number of hydrogen-bond acceptors (Lipinski definition) is 8. The third-order valence-corrected chi connectivity index (χ3v) is 19.2. The van der Waals surface area contributed by atoms with Crippen LogP contribution in [0, 0.1) is 23.7 Å². The minimum atomic E-state index is -7.64. The average molecular weight is 875 g/mol. The minimum Gasteiger partial charge on any atom is -0.222 e. The van der Waals surface area contributed by atoms with Crippen molar-refractivity contribution in [2.45, 2.75) is 109 Å². The van der Waals surface area contributed by atoms with Crippen LogP contribution in [0.25, 0.3) is 0 Å². The number of alkyl halides is 12. The van der Waals surface area contributed by atoms with Crippen LogP contribution < -0.4 is 0 Å². The molecule has 0 amide bonds. The van der Waals surface area contributed by atoms with Crippen molar-refractivity contribution in [3.8, 4) is 0 Å². The number of sulfone groups is 2. The van der Waals surface area contributed by atoms with Crippen molar-refractivity contribution in [1.82, 2.24) is 8.61 Å². The molecule has 26 heteroatoms. The van der Waals surface area contributed by atoms with Gasteiger partial charge in [0.2, 0.25) is 19.7 Å². The van der Waals surface area contributed by atoms with Gasteiger partial charge in [-0.2, -0.15) is 61.3 Å². The van der Waals surface area contributed by atoms with Gasteiger partial charge >= 0.3 is 32.9 Å². The highest BCUT2D eigenvalue weighted by atomic mass is 32.2. The lowest BCUT2D eigenvalue weighted by molar-refractivity contribution is -0.245. The van der Waals surface area contributed by atoms with Crippen LogP contribution in [0.1, 0.15) is 71.1 Å². The second-order valence-electron chi connectivity index (χ2n) is 14.3. The van der Waals surface area contributed by atoms with Gasteiger partial charge < -0.3 is 0 Å². The Hall–Kier alpha value is -1.12. The Labute approximate surface area is 298 Å². The van der Waals surface area contributed by atoms with Crippen molar-refractivity contribution < 1.29 is 86.4 Å². The number of nitrogens with zero attached hydrogens (tertiary/aromatic N) is 2. The summed E-state index contributed by atoms with van der Waals surface area (Å²) >= 11 is 0. The van der Waals surface area contributed by atoms with Gasteiger partial charge in [0, 0.05) is 26.2 Å². The van der Waals surface area contributed by atoms with E-state index in [-0.39, 0.29) is 46.1 Å². The van der Waals surface area contributed by atoms with E-state index in [9.17, 15) is 60.0 Å². The summed E-state index contributed by atoms with van der Waals surface area (Å²) in [4.78, 5) is 0. The van der Waals surface area contributed by atoms with E-state index in [1.54, 1.807) is 0 Å². The Morgan fingerprint density at radius 3 is 1.17 bits per heavy atom. The predicted octanol–water partition coefficient (Wildman–Crippen LogP) is 5.53. The van der Waals surface area contributed by atoms with Gasteiger partial charge in [-0.15, -0.1) is 0 Å². The summed E-state index contributed by atoms with van der Waals surface area (Å²) in [5.41, 5.74) is 0. The summed E-state index contributed by atoms with van der Waals surface area (Å²) < 4.78 is 280. The summed E-state index contributed by atoms with van der Waals surface area (Å²) in [7, 11) is -28.9. The molecule has 0 aromatic carbocycles. The second kappa shape index (κ2) is 14.1. The largest absolute Gasteiger partial charge is 0.428 e. The van der Waals surface area contributed by atoms with Crippen molar-refractivity contribution in [2.75, 3.05) is 31.9 Å². The van der Waals surface area contributed by atoms with Gasteiger partial charge in [-0.1, -0.05) is 38.5 Å². The van der Waals surface area contributed by atoms with E-state index in [0.29, 0.717) is 38.5 Å². The predicted molar refractivity (Wildman–Crippen MR) is 163 cm³/mol. The third kappa shape index (κ3) is 6.78. The van der Waals surface area contributed by atoms with Gasteiger partial charge in [-0.05, 0) is 56.3 Å². The van der Waals surface area contributed by atoms with Gasteiger partial charge in [-0.3, -0.25) is 0 Å². The molecule has 0 radical (unpaired) electrons. The SMILES string of the molecule is CC(CS(=O)(=O)C(F)(F)C(F)(F)C(F)(F)S(=O)(=O)N1CCC2CCCCC2C1)S(=O)(=O)C(F)(F)C(F)(F)C(F)(F)S(=O)(=O)N1CCC2CCCCC2C1. The van der Waals surface area contributed by atoms with Crippen LogP contribution in [0.3, 0.4) is 0 Å². The van der Waals surface area contributed by atoms with E-state index in [2.05, 4.69) is 0 Å². The number of hydrogen-bond donors (Lipinski definition) is 0. The second-order valence-corrected chi connectivity index (χ2v) is 22.7. The van der Waals surface area contributed by atoms with E-state index in [1.165, 1.54) is 0 Å². The van der Waals surface area contributed by atoms with Crippen LogP contribution in [-0.4, -0.2) is 112 Å². The molecule has 2 aliphatic carbocycles. The highest BCUT2D eigenvalue weighted by Gasteiger charge is 2.85. The maximum atomic E-state index is 15.0. The van der Waals surface area contributed by atoms with Crippen molar-refractivity contribution in [3.05, 3.63) is 0 Å². The summed E-state index contributed by atoms with van der Waals surface area (Å²) in [6, 6.07) is 0. The Balaban J connectivity index is 1.59. The quantitative estimate of drug-likeness (QED) is 0.220. The molecule has 0 N–H and O–H groups in total. The molecule has 2 saturated carbocycles. The molecular weight excluding hydrogens is 837 g/mol. The molecule has 5 atom stereocenters. The molecule has 0 aromatic heterocycles. The standard InChI is InChI=1S/C27H38F12N2O8S4/c1-17(51(44,45)25(34,35)23(30,31)27(38,39)53(48,49)41-13-11-19-7-3-5-9-21(19)15-41)16-50(42,43)24(32,33)22(28,29)26(36,37)52(46,47)40-12-10-18-6-2-4-8-20(18)14-40/h17-21H,2-16H2,1H3. The summed E-state index contributed by atoms with van der Waals surface area (Å²) in [5.74, 6) is -20.0. The lowest BCUT2D eigenvalue weighted by Gasteiger charge is -2.42. The molecule has 2 saturated heterocycles. The van der Waals surface area contributed by atoms with Crippen molar-refractivity contribution >= 4 is 39.7 Å². The smallest absolute Gasteiger partial charge is 0.222 e. The van der Waals surface area contributed by atoms with E-state index in [1.807, 2.05) is 0 Å². The molecule has 4 rings (SSSR count). The maximum absolute atomic E-state index is 15.0. The maximum Gasteiger partial charge on any atom is 0.428 e. The molecular formula is C27H38F12N2O8S4. The molecule has 4 fully saturated rings. The number of rotatable bonds is 13. The number of fused-ring (bicyclic) bond motifs is 2. The van der Waals surface area contributed by atoms with E-state index < -0.39 is 129 Å². The van der Waals surface area contributed by atoms with E-state index in [4.69, 9.17) is 0 Å². The lowest BCUT2D eigenvalue weighted by Crippen LogP contribution is -2.66. The van der Waals surface area contributed by atoms with Gasteiger partial charge in [0.05, 0.1) is 11.0 Å². The Kier molecular flexibility index (Phi) is 11.8. The van der Waals surface area contributed by atoms with Gasteiger partial charge in [0.25, 0.3) is 20.0 Å². The monoisotopic (exact) mass is 874 g/mol. The fourth-order valence-corrected chi connectivity index (χ4v) is 14.4. The van der Waals surface area contributed by atoms with Crippen LogP contribution in [0.2, 0.25) is 0 Å². The fourth-order valence-electron chi connectivity index (χ4n) is 7.69. The van der Waals surface area contributed by atoms with Gasteiger partial charge in [0.15, 0.2) is 0 Å². The first-order valence-corrected chi connectivity index (χ1v) is 22.6. The van der Waals surface area contributed by atoms with Crippen LogP contribution in [-0.2, 0) is 39.7 Å². The topological polar surface area (TPSA) is 143 Å². The zero-order valence-corrected chi connectivity index (χ0v) is 31.1. The lowest BCUT2D eigenvalue weighted by atomic mass is 9.76. The molecule has 0 bridgehead atoms. The van der Waals surface area contributed by atoms with Crippen molar-refractivity contribution in [2.24, 2.45) is 23.7 Å². The average Bonchev–Trinajstić information content (AvgIpc) is 3.06. The number of sulfonamides is 2.